The zero-order chi connectivity index (χ0) is 36.6. The van der Waals surface area contributed by atoms with Crippen molar-refractivity contribution in [3.63, 3.8) is 0 Å². The number of benzene rings is 1. The predicted octanol–water partition coefficient (Wildman–Crippen LogP) is 6.48. The fourth-order valence-corrected chi connectivity index (χ4v) is 4.79. The highest BCUT2D eigenvalue weighted by atomic mass is 16.6. The first-order chi connectivity index (χ1) is 25.2. The predicted molar refractivity (Wildman–Crippen MR) is 200 cm³/mol. The molecule has 1 rings (SSSR count). The third-order valence-electron chi connectivity index (χ3n) is 7.54. The van der Waals surface area contributed by atoms with Crippen LogP contribution in [0.5, 0.6) is 5.75 Å². The van der Waals surface area contributed by atoms with Gasteiger partial charge in [0.05, 0.1) is 112 Å². The fourth-order valence-electron chi connectivity index (χ4n) is 4.79. The summed E-state index contributed by atoms with van der Waals surface area (Å²) in [5.41, 5.74) is 0.735. The molecule has 1 aromatic rings. The number of rotatable bonds is 41. The zero-order valence-corrected chi connectivity index (χ0v) is 32.0. The van der Waals surface area contributed by atoms with E-state index in [-0.39, 0.29) is 5.91 Å². The van der Waals surface area contributed by atoms with Gasteiger partial charge < -0.3 is 52.7 Å². The van der Waals surface area contributed by atoms with Crippen molar-refractivity contribution in [1.29, 1.82) is 0 Å². The number of carbonyl (C=O) groups excluding carboxylic acids is 1. The smallest absolute Gasteiger partial charge is 0.221 e. The van der Waals surface area contributed by atoms with Crippen molar-refractivity contribution in [3.05, 3.63) is 24.3 Å². The molecule has 0 bridgehead atoms. The summed E-state index contributed by atoms with van der Waals surface area (Å²) in [5.74, 6) is 0.617. The van der Waals surface area contributed by atoms with Gasteiger partial charge in [0.2, 0.25) is 5.91 Å². The number of unbranched alkanes of at least 4 members (excludes halogenated alkanes) is 10. The van der Waals surface area contributed by atoms with Gasteiger partial charge in [-0.25, -0.2) is 0 Å². The quantitative estimate of drug-likeness (QED) is 0.0746. The van der Waals surface area contributed by atoms with E-state index in [1.807, 2.05) is 0 Å². The van der Waals surface area contributed by atoms with Crippen LogP contribution < -0.4 is 10.1 Å². The van der Waals surface area contributed by atoms with Crippen LogP contribution in [0.4, 0.5) is 5.69 Å². The van der Waals surface area contributed by atoms with Crippen LogP contribution in [0.15, 0.2) is 24.3 Å². The Kier molecular flexibility index (Phi) is 36.4. The van der Waals surface area contributed by atoms with Crippen molar-refractivity contribution < 1.29 is 52.2 Å². The highest BCUT2D eigenvalue weighted by Gasteiger charge is 1.99. The van der Waals surface area contributed by atoms with Gasteiger partial charge in [0, 0.05) is 19.2 Å². The lowest BCUT2D eigenvalue weighted by atomic mass is 10.1. The standard InChI is InChI=1S/C39H71NO11/c1-3-4-5-6-7-8-9-10-11-12-13-18-42-19-20-43-21-22-44-23-24-45-25-26-46-27-28-47-29-30-48-31-32-49-33-34-50-35-36-51-39-16-14-38(15-17-39)40-37(2)41/h14-17H,3-13,18-36H2,1-2H3,(H,40,41). The molecule has 0 unspecified atom stereocenters. The van der Waals surface area contributed by atoms with Crippen LogP contribution in [0.25, 0.3) is 0 Å². The summed E-state index contributed by atoms with van der Waals surface area (Å²) in [7, 11) is 0. The maximum atomic E-state index is 11.0. The molecular formula is C39H71NO11. The molecule has 1 N–H and O–H groups in total. The van der Waals surface area contributed by atoms with Gasteiger partial charge in [-0.3, -0.25) is 4.79 Å². The van der Waals surface area contributed by atoms with Crippen LogP contribution in [0.1, 0.15) is 84.5 Å². The highest BCUT2D eigenvalue weighted by molar-refractivity contribution is 5.88. The van der Waals surface area contributed by atoms with E-state index in [2.05, 4.69) is 12.2 Å². The first-order valence-corrected chi connectivity index (χ1v) is 19.4. The zero-order valence-electron chi connectivity index (χ0n) is 32.0. The minimum atomic E-state index is -0.105. The minimum Gasteiger partial charge on any atom is -0.491 e. The lowest BCUT2D eigenvalue weighted by Gasteiger charge is -2.09. The second-order valence-electron chi connectivity index (χ2n) is 12.1. The van der Waals surface area contributed by atoms with Crippen LogP contribution in [0.2, 0.25) is 0 Å². The van der Waals surface area contributed by atoms with Crippen molar-refractivity contribution in [2.24, 2.45) is 0 Å². The van der Waals surface area contributed by atoms with E-state index in [1.165, 1.54) is 71.1 Å². The maximum absolute atomic E-state index is 11.0. The SMILES string of the molecule is CCCCCCCCCCCCCOCCOCCOCCOCCOCCOCCOCCOCCOCCOc1ccc(NC(C)=O)cc1. The largest absolute Gasteiger partial charge is 0.491 e. The van der Waals surface area contributed by atoms with Crippen molar-refractivity contribution in [2.45, 2.75) is 84.5 Å². The summed E-state index contributed by atoms with van der Waals surface area (Å²) in [6.07, 6.45) is 14.8. The Labute approximate surface area is 308 Å². The molecule has 0 aliphatic heterocycles. The molecule has 12 nitrogen and oxygen atoms in total. The number of nitrogens with one attached hydrogen (secondary N) is 1. The van der Waals surface area contributed by atoms with E-state index in [9.17, 15) is 4.79 Å². The molecule has 0 aromatic heterocycles. The lowest BCUT2D eigenvalue weighted by molar-refractivity contribution is -0.114. The Hall–Kier alpha value is -1.87. The molecule has 1 aromatic carbocycles. The molecule has 1 amide bonds. The third kappa shape index (κ3) is 36.3. The molecule has 0 aliphatic rings. The third-order valence-corrected chi connectivity index (χ3v) is 7.54. The fraction of sp³-hybridized carbons (Fsp3) is 0.821. The van der Waals surface area contributed by atoms with E-state index in [0.29, 0.717) is 119 Å². The van der Waals surface area contributed by atoms with E-state index in [1.54, 1.807) is 24.3 Å². The summed E-state index contributed by atoms with van der Waals surface area (Å²) in [6.45, 7) is 14.0. The number of amides is 1. The van der Waals surface area contributed by atoms with Crippen LogP contribution >= 0.6 is 0 Å². The topological polar surface area (TPSA) is 121 Å². The number of hydrogen-bond acceptors (Lipinski definition) is 11. The molecule has 0 radical (unpaired) electrons. The van der Waals surface area contributed by atoms with Crippen LogP contribution in [-0.4, -0.2) is 131 Å². The molecule has 12 heteroatoms. The normalized spacial score (nSPS) is 11.3. The van der Waals surface area contributed by atoms with Crippen LogP contribution in [0, 0.1) is 0 Å². The molecule has 0 spiro atoms. The monoisotopic (exact) mass is 730 g/mol. The van der Waals surface area contributed by atoms with Gasteiger partial charge in [-0.1, -0.05) is 71.1 Å². The van der Waals surface area contributed by atoms with Gasteiger partial charge in [-0.05, 0) is 30.7 Å². The summed E-state index contributed by atoms with van der Waals surface area (Å²) >= 11 is 0. The Morgan fingerprint density at radius 1 is 0.412 bits per heavy atom. The van der Waals surface area contributed by atoms with Crippen LogP contribution in [-0.2, 0) is 47.4 Å². The molecule has 0 heterocycles. The number of anilines is 1. The first kappa shape index (κ1) is 47.2. The molecular weight excluding hydrogens is 658 g/mol. The number of hydrogen-bond donors (Lipinski definition) is 1. The van der Waals surface area contributed by atoms with Crippen molar-refractivity contribution in [3.8, 4) is 5.75 Å². The molecule has 298 valence electrons. The lowest BCUT2D eigenvalue weighted by Crippen LogP contribution is -2.15. The number of carbonyl (C=O) groups is 1. The second-order valence-corrected chi connectivity index (χ2v) is 12.1. The molecule has 0 aliphatic carbocycles. The Balaban J connectivity index is 1.64. The molecule has 0 saturated carbocycles. The second kappa shape index (κ2) is 39.3. The minimum absolute atomic E-state index is 0.105. The average Bonchev–Trinajstić information content (AvgIpc) is 3.13. The van der Waals surface area contributed by atoms with Crippen molar-refractivity contribution in [2.75, 3.05) is 131 Å². The van der Waals surface area contributed by atoms with Gasteiger partial charge >= 0.3 is 0 Å². The molecule has 51 heavy (non-hydrogen) atoms. The molecule has 0 saturated heterocycles. The van der Waals surface area contributed by atoms with Gasteiger partial charge in [0.1, 0.15) is 12.4 Å². The summed E-state index contributed by atoms with van der Waals surface area (Å²) in [4.78, 5) is 11.0. The first-order valence-electron chi connectivity index (χ1n) is 19.4. The van der Waals surface area contributed by atoms with E-state index >= 15 is 0 Å². The van der Waals surface area contributed by atoms with Gasteiger partial charge in [0.15, 0.2) is 0 Å². The van der Waals surface area contributed by atoms with Gasteiger partial charge in [-0.15, -0.1) is 0 Å². The number of ether oxygens (including phenoxy) is 10. The van der Waals surface area contributed by atoms with Gasteiger partial charge in [-0.2, -0.15) is 0 Å². The van der Waals surface area contributed by atoms with Gasteiger partial charge in [0.25, 0.3) is 0 Å². The molecule has 0 atom stereocenters. The van der Waals surface area contributed by atoms with Crippen molar-refractivity contribution >= 4 is 11.6 Å². The molecule has 0 fully saturated rings. The Bertz CT molecular complexity index is 847. The Morgan fingerprint density at radius 2 is 0.706 bits per heavy atom. The van der Waals surface area contributed by atoms with Crippen molar-refractivity contribution in [1.82, 2.24) is 0 Å². The summed E-state index contributed by atoms with van der Waals surface area (Å²) in [6, 6.07) is 7.20. The maximum Gasteiger partial charge on any atom is 0.221 e. The van der Waals surface area contributed by atoms with Crippen LogP contribution in [0.3, 0.4) is 0 Å². The van der Waals surface area contributed by atoms with E-state index < -0.39 is 0 Å². The average molecular weight is 730 g/mol. The Morgan fingerprint density at radius 3 is 1.04 bits per heavy atom. The summed E-state index contributed by atoms with van der Waals surface area (Å²) < 4.78 is 55.4. The highest BCUT2D eigenvalue weighted by Crippen LogP contribution is 2.15. The van der Waals surface area contributed by atoms with E-state index in [4.69, 9.17) is 47.4 Å². The van der Waals surface area contributed by atoms with E-state index in [0.717, 1.165) is 24.5 Å². The summed E-state index contributed by atoms with van der Waals surface area (Å²) in [5, 5.41) is 2.71.